The number of hydrogen-bond acceptors (Lipinski definition) is 6. The number of aryl methyl sites for hydroxylation is 1. The standard InChI is InChI=1S/C31H25N3O4S2/c1-20-9-13-23(14-10-20)34-28(35)19-27(31(34)38)40-24-15-11-22(12-16-24)32-30(37)26(18-25-8-5-17-39-25)33-29(36)21-6-3-2-4-7-21/h2-18,27H,19H2,1H3,(H,32,37)(H,33,36)/b26-18-. The molecule has 4 aromatic rings. The first-order valence-electron chi connectivity index (χ1n) is 12.5. The smallest absolute Gasteiger partial charge is 0.272 e. The molecule has 1 aliphatic rings. The number of nitrogens with one attached hydrogen (secondary N) is 2. The van der Waals surface area contributed by atoms with Gasteiger partial charge in [-0.25, -0.2) is 4.90 Å². The van der Waals surface area contributed by atoms with Crippen molar-refractivity contribution in [1.82, 2.24) is 5.32 Å². The molecule has 2 heterocycles. The molecule has 5 rings (SSSR count). The van der Waals surface area contributed by atoms with E-state index in [1.165, 1.54) is 28.0 Å². The Kier molecular flexibility index (Phi) is 8.23. The number of hydrogen-bond donors (Lipinski definition) is 2. The number of carbonyl (C=O) groups is 4. The van der Waals surface area contributed by atoms with Crippen LogP contribution in [0.4, 0.5) is 11.4 Å². The summed E-state index contributed by atoms with van der Waals surface area (Å²) in [5, 5.41) is 6.91. The molecule has 0 aliphatic carbocycles. The SMILES string of the molecule is Cc1ccc(N2C(=O)CC(Sc3ccc(NC(=O)/C(=C/c4cccs4)NC(=O)c4ccccc4)cc3)C2=O)cc1. The van der Waals surface area contributed by atoms with Crippen molar-refractivity contribution in [2.75, 3.05) is 10.2 Å². The molecule has 1 saturated heterocycles. The normalized spacial score (nSPS) is 15.3. The Bertz CT molecular complexity index is 1570. The highest BCUT2D eigenvalue weighted by molar-refractivity contribution is 8.00. The fourth-order valence-electron chi connectivity index (χ4n) is 4.10. The van der Waals surface area contributed by atoms with Gasteiger partial charge in [0.05, 0.1) is 10.9 Å². The summed E-state index contributed by atoms with van der Waals surface area (Å²) in [6.45, 7) is 1.95. The van der Waals surface area contributed by atoms with E-state index in [0.717, 1.165) is 15.3 Å². The van der Waals surface area contributed by atoms with Gasteiger partial charge in [-0.2, -0.15) is 0 Å². The topological polar surface area (TPSA) is 95.6 Å². The van der Waals surface area contributed by atoms with Crippen molar-refractivity contribution in [2.45, 2.75) is 23.5 Å². The summed E-state index contributed by atoms with van der Waals surface area (Å²) in [5.41, 5.74) is 2.70. The van der Waals surface area contributed by atoms with Gasteiger partial charge >= 0.3 is 0 Å². The van der Waals surface area contributed by atoms with Gasteiger partial charge < -0.3 is 10.6 Å². The molecule has 1 atom stereocenters. The Balaban J connectivity index is 1.25. The molecule has 40 heavy (non-hydrogen) atoms. The molecule has 0 saturated carbocycles. The van der Waals surface area contributed by atoms with E-state index in [1.54, 1.807) is 66.7 Å². The van der Waals surface area contributed by atoms with E-state index in [1.807, 2.05) is 42.6 Å². The van der Waals surface area contributed by atoms with Crippen molar-refractivity contribution in [3.8, 4) is 0 Å². The van der Waals surface area contributed by atoms with Crippen molar-refractivity contribution >= 4 is 64.2 Å². The van der Waals surface area contributed by atoms with Gasteiger partial charge in [-0.3, -0.25) is 19.2 Å². The van der Waals surface area contributed by atoms with Gasteiger partial charge in [0.2, 0.25) is 11.8 Å². The Morgan fingerprint density at radius 2 is 1.65 bits per heavy atom. The second kappa shape index (κ2) is 12.1. The van der Waals surface area contributed by atoms with Crippen LogP contribution in [-0.2, 0) is 14.4 Å². The number of thioether (sulfide) groups is 1. The molecular weight excluding hydrogens is 542 g/mol. The highest BCUT2D eigenvalue weighted by Crippen LogP contribution is 2.34. The maximum atomic E-state index is 13.2. The summed E-state index contributed by atoms with van der Waals surface area (Å²) in [6, 6.07) is 26.7. The van der Waals surface area contributed by atoms with Crippen LogP contribution in [0.15, 0.2) is 107 Å². The molecule has 0 bridgehead atoms. The maximum Gasteiger partial charge on any atom is 0.272 e. The lowest BCUT2D eigenvalue weighted by molar-refractivity contribution is -0.121. The molecule has 4 amide bonds. The summed E-state index contributed by atoms with van der Waals surface area (Å²) >= 11 is 2.76. The van der Waals surface area contributed by atoms with E-state index >= 15 is 0 Å². The van der Waals surface area contributed by atoms with Gasteiger partial charge in [0.1, 0.15) is 5.70 Å². The van der Waals surface area contributed by atoms with Gasteiger partial charge in [0.15, 0.2) is 0 Å². The van der Waals surface area contributed by atoms with Crippen LogP contribution in [0.2, 0.25) is 0 Å². The van der Waals surface area contributed by atoms with Crippen molar-refractivity contribution in [3.63, 3.8) is 0 Å². The van der Waals surface area contributed by atoms with Gasteiger partial charge in [-0.15, -0.1) is 23.1 Å². The van der Waals surface area contributed by atoms with Gasteiger partial charge in [0, 0.05) is 27.4 Å². The monoisotopic (exact) mass is 567 g/mol. The molecule has 0 spiro atoms. The zero-order chi connectivity index (χ0) is 28.1. The first-order chi connectivity index (χ1) is 19.4. The van der Waals surface area contributed by atoms with E-state index in [0.29, 0.717) is 16.9 Å². The number of carbonyl (C=O) groups excluding carboxylic acids is 4. The molecule has 9 heteroatoms. The summed E-state index contributed by atoms with van der Waals surface area (Å²) in [4.78, 5) is 54.4. The Hall–Kier alpha value is -4.47. The Morgan fingerprint density at radius 1 is 0.925 bits per heavy atom. The molecule has 1 aromatic heterocycles. The molecule has 200 valence electrons. The Labute approximate surface area is 239 Å². The van der Waals surface area contributed by atoms with Crippen LogP contribution < -0.4 is 15.5 Å². The summed E-state index contributed by atoms with van der Waals surface area (Å²) in [6.07, 6.45) is 1.75. The number of nitrogens with zero attached hydrogens (tertiary/aromatic N) is 1. The second-order valence-electron chi connectivity index (χ2n) is 9.09. The predicted molar refractivity (Wildman–Crippen MR) is 159 cm³/mol. The van der Waals surface area contributed by atoms with Crippen molar-refractivity contribution in [1.29, 1.82) is 0 Å². The molecular formula is C31H25N3O4S2. The highest BCUT2D eigenvalue weighted by Gasteiger charge is 2.40. The molecule has 1 unspecified atom stereocenters. The third-order valence-electron chi connectivity index (χ3n) is 6.15. The van der Waals surface area contributed by atoms with Gasteiger partial charge in [-0.05, 0) is 73.0 Å². The van der Waals surface area contributed by atoms with E-state index in [-0.39, 0.29) is 29.8 Å². The number of rotatable bonds is 8. The van der Waals surface area contributed by atoms with Crippen molar-refractivity contribution < 1.29 is 19.2 Å². The molecule has 3 aromatic carbocycles. The van der Waals surface area contributed by atoms with Crippen LogP contribution in [-0.4, -0.2) is 28.9 Å². The van der Waals surface area contributed by atoms with Crippen molar-refractivity contribution in [2.24, 2.45) is 0 Å². The summed E-state index contributed by atoms with van der Waals surface area (Å²) < 4.78 is 0. The lowest BCUT2D eigenvalue weighted by Gasteiger charge is -2.15. The van der Waals surface area contributed by atoms with E-state index in [2.05, 4.69) is 10.6 Å². The zero-order valence-corrected chi connectivity index (χ0v) is 23.1. The summed E-state index contributed by atoms with van der Waals surface area (Å²) in [5.74, 6) is -1.32. The first kappa shape index (κ1) is 27.1. The molecule has 2 N–H and O–H groups in total. The van der Waals surface area contributed by atoms with Crippen LogP contribution in [0.5, 0.6) is 0 Å². The largest absolute Gasteiger partial charge is 0.321 e. The lowest BCUT2D eigenvalue weighted by Crippen LogP contribution is -2.31. The Morgan fingerprint density at radius 3 is 2.33 bits per heavy atom. The van der Waals surface area contributed by atoms with Crippen LogP contribution in [0.25, 0.3) is 6.08 Å². The molecule has 1 aliphatic heterocycles. The van der Waals surface area contributed by atoms with Crippen LogP contribution >= 0.6 is 23.1 Å². The molecule has 0 radical (unpaired) electrons. The third-order valence-corrected chi connectivity index (χ3v) is 8.16. The number of amides is 4. The number of thiophene rings is 1. The fourth-order valence-corrected chi connectivity index (χ4v) is 5.81. The highest BCUT2D eigenvalue weighted by atomic mass is 32.2. The lowest BCUT2D eigenvalue weighted by atomic mass is 10.2. The van der Waals surface area contributed by atoms with Crippen molar-refractivity contribution in [3.05, 3.63) is 118 Å². The summed E-state index contributed by atoms with van der Waals surface area (Å²) in [7, 11) is 0. The minimum Gasteiger partial charge on any atom is -0.321 e. The first-order valence-corrected chi connectivity index (χ1v) is 14.3. The molecule has 7 nitrogen and oxygen atoms in total. The number of anilines is 2. The quantitative estimate of drug-likeness (QED) is 0.205. The number of imide groups is 1. The van der Waals surface area contributed by atoms with E-state index in [4.69, 9.17) is 0 Å². The van der Waals surface area contributed by atoms with Gasteiger partial charge in [-0.1, -0.05) is 42.0 Å². The van der Waals surface area contributed by atoms with Crippen LogP contribution in [0, 0.1) is 6.92 Å². The zero-order valence-electron chi connectivity index (χ0n) is 21.5. The predicted octanol–water partition coefficient (Wildman–Crippen LogP) is 5.89. The average molecular weight is 568 g/mol. The minimum atomic E-state index is -0.525. The third kappa shape index (κ3) is 6.39. The van der Waals surface area contributed by atoms with Crippen LogP contribution in [0.3, 0.4) is 0 Å². The second-order valence-corrected chi connectivity index (χ2v) is 11.3. The number of benzene rings is 3. The van der Waals surface area contributed by atoms with Crippen LogP contribution in [0.1, 0.15) is 27.2 Å². The van der Waals surface area contributed by atoms with E-state index in [9.17, 15) is 19.2 Å². The van der Waals surface area contributed by atoms with E-state index < -0.39 is 11.2 Å². The average Bonchev–Trinajstić information content (AvgIpc) is 3.57. The maximum absolute atomic E-state index is 13.2. The minimum absolute atomic E-state index is 0.112. The van der Waals surface area contributed by atoms with Gasteiger partial charge in [0.25, 0.3) is 11.8 Å². The fraction of sp³-hybridized carbons (Fsp3) is 0.0968. The molecule has 1 fully saturated rings.